The van der Waals surface area contributed by atoms with Crippen LogP contribution in [-0.2, 0) is 4.79 Å². The number of carbonyl (C=O) groups is 1. The van der Waals surface area contributed by atoms with Crippen LogP contribution in [0.1, 0.15) is 17.0 Å². The third-order valence-electron chi connectivity index (χ3n) is 4.14. The molecule has 1 aromatic carbocycles. The highest BCUT2D eigenvalue weighted by molar-refractivity contribution is 7.91. The van der Waals surface area contributed by atoms with E-state index in [1.165, 1.54) is 11.1 Å². The van der Waals surface area contributed by atoms with E-state index >= 15 is 0 Å². The maximum Gasteiger partial charge on any atom is 0.209 e. The van der Waals surface area contributed by atoms with Crippen molar-refractivity contribution in [3.8, 4) is 0 Å². The number of hydrogen-bond donors (Lipinski definition) is 0. The van der Waals surface area contributed by atoms with Crippen molar-refractivity contribution in [3.05, 3.63) is 35.4 Å². The summed E-state index contributed by atoms with van der Waals surface area (Å²) in [6.07, 6.45) is 0.988. The largest absolute Gasteiger partial charge is 0.338 e. The van der Waals surface area contributed by atoms with Crippen molar-refractivity contribution in [2.24, 2.45) is 0 Å². The molecule has 0 saturated carbocycles. The zero-order valence-corrected chi connectivity index (χ0v) is 14.4. The van der Waals surface area contributed by atoms with E-state index in [2.05, 4.69) is 63.7 Å². The average Bonchev–Trinajstić information content (AvgIpc) is 2.83. The van der Waals surface area contributed by atoms with Crippen molar-refractivity contribution in [3.63, 3.8) is 0 Å². The normalized spacial score (nSPS) is 22.9. The quantitative estimate of drug-likeness (QED) is 0.473. The van der Waals surface area contributed by atoms with Gasteiger partial charge >= 0.3 is 0 Å². The van der Waals surface area contributed by atoms with Gasteiger partial charge in [-0.1, -0.05) is 29.8 Å². The standard InChI is InChI=1S/C16H26N3OS/c1-13-6-8-14(9-7-13)15-10-18(12-20)11-16(15)19(4,5)21-17(2)3/h6-9,12,15-16H,10-11H2,1-5H3/q+1. The SMILES string of the molecule is Cc1ccc(C2CN(C=O)CC2[N+](C)(C)SN(C)C)cc1. The van der Waals surface area contributed by atoms with Crippen LogP contribution < -0.4 is 0 Å². The molecule has 21 heavy (non-hydrogen) atoms. The number of carbonyl (C=O) groups excluding carboxylic acids is 1. The molecule has 1 amide bonds. The molecule has 2 rings (SSSR count). The Labute approximate surface area is 132 Å². The van der Waals surface area contributed by atoms with Crippen LogP contribution in [0.15, 0.2) is 24.3 Å². The van der Waals surface area contributed by atoms with Crippen molar-refractivity contribution in [2.75, 3.05) is 41.3 Å². The number of likely N-dealkylation sites (tertiary alicyclic amines) is 1. The average molecular weight is 308 g/mol. The molecule has 0 aromatic heterocycles. The van der Waals surface area contributed by atoms with Crippen molar-refractivity contribution in [1.29, 1.82) is 0 Å². The van der Waals surface area contributed by atoms with Crippen LogP contribution in [0.25, 0.3) is 0 Å². The molecule has 0 spiro atoms. The summed E-state index contributed by atoms with van der Waals surface area (Å²) in [7, 11) is 8.59. The van der Waals surface area contributed by atoms with Crippen molar-refractivity contribution < 1.29 is 8.68 Å². The van der Waals surface area contributed by atoms with Crippen molar-refractivity contribution in [2.45, 2.75) is 18.9 Å². The number of quaternary nitrogens is 1. The van der Waals surface area contributed by atoms with Crippen LogP contribution in [0.4, 0.5) is 0 Å². The Morgan fingerprint density at radius 3 is 2.38 bits per heavy atom. The fraction of sp³-hybridized carbons (Fsp3) is 0.562. The van der Waals surface area contributed by atoms with E-state index in [9.17, 15) is 4.79 Å². The molecule has 1 aliphatic rings. The Morgan fingerprint density at radius 2 is 1.86 bits per heavy atom. The third kappa shape index (κ3) is 3.78. The van der Waals surface area contributed by atoms with Gasteiger partial charge in [0.15, 0.2) is 12.1 Å². The second-order valence-electron chi connectivity index (χ2n) is 6.47. The van der Waals surface area contributed by atoms with Gasteiger partial charge in [-0.3, -0.25) is 4.79 Å². The molecular weight excluding hydrogens is 282 g/mol. The number of aryl methyl sites for hydroxylation is 1. The van der Waals surface area contributed by atoms with Crippen LogP contribution in [0.2, 0.25) is 0 Å². The molecule has 1 fully saturated rings. The predicted molar refractivity (Wildman–Crippen MR) is 88.7 cm³/mol. The van der Waals surface area contributed by atoms with E-state index < -0.39 is 0 Å². The van der Waals surface area contributed by atoms with Crippen LogP contribution in [0.3, 0.4) is 0 Å². The fourth-order valence-electron chi connectivity index (χ4n) is 3.16. The van der Waals surface area contributed by atoms with Gasteiger partial charge in [0.2, 0.25) is 6.41 Å². The predicted octanol–water partition coefficient (Wildman–Crippen LogP) is 2.12. The molecular formula is C16H26N3OS+. The summed E-state index contributed by atoms with van der Waals surface area (Å²) in [5.74, 6) is 0.387. The first kappa shape index (κ1) is 16.3. The topological polar surface area (TPSA) is 23.6 Å². The minimum absolute atomic E-state index is 0.387. The molecule has 5 heteroatoms. The van der Waals surface area contributed by atoms with Gasteiger partial charge in [0.1, 0.15) is 6.04 Å². The molecule has 116 valence electrons. The summed E-state index contributed by atoms with van der Waals surface area (Å²) in [4.78, 5) is 13.1. The smallest absolute Gasteiger partial charge is 0.209 e. The monoisotopic (exact) mass is 308 g/mol. The summed E-state index contributed by atoms with van der Waals surface area (Å²) in [6.45, 7) is 3.73. The number of likely N-dealkylation sites (N-methyl/N-ethyl adjacent to an activating group) is 1. The van der Waals surface area contributed by atoms with Crippen LogP contribution in [-0.4, -0.2) is 66.8 Å². The van der Waals surface area contributed by atoms with E-state index in [4.69, 9.17) is 0 Å². The second-order valence-corrected chi connectivity index (χ2v) is 8.31. The van der Waals surface area contributed by atoms with Gasteiger partial charge in [-0.25, -0.2) is 8.19 Å². The van der Waals surface area contributed by atoms with Crippen LogP contribution in [0.5, 0.6) is 0 Å². The van der Waals surface area contributed by atoms with Gasteiger partial charge in [-0.15, -0.1) is 0 Å². The Balaban J connectivity index is 2.28. The zero-order valence-electron chi connectivity index (χ0n) is 13.6. The molecule has 4 nitrogen and oxygen atoms in total. The first-order valence-corrected chi connectivity index (χ1v) is 8.03. The molecule has 0 radical (unpaired) electrons. The molecule has 1 heterocycles. The Morgan fingerprint density at radius 1 is 1.24 bits per heavy atom. The summed E-state index contributed by atoms with van der Waals surface area (Å²) >= 11 is 1.80. The number of benzene rings is 1. The van der Waals surface area contributed by atoms with Gasteiger partial charge < -0.3 is 4.90 Å². The van der Waals surface area contributed by atoms with E-state index in [-0.39, 0.29) is 0 Å². The summed E-state index contributed by atoms with van der Waals surface area (Å²) in [6, 6.07) is 9.14. The van der Waals surface area contributed by atoms with E-state index in [0.717, 1.165) is 23.4 Å². The molecule has 1 aromatic rings. The molecule has 1 aliphatic heterocycles. The maximum atomic E-state index is 11.2. The number of nitrogens with zero attached hydrogens (tertiary/aromatic N) is 3. The zero-order chi connectivity index (χ0) is 15.6. The van der Waals surface area contributed by atoms with Gasteiger partial charge in [0.05, 0.1) is 26.6 Å². The highest BCUT2D eigenvalue weighted by atomic mass is 32.2. The number of rotatable bonds is 5. The minimum Gasteiger partial charge on any atom is -0.338 e. The highest BCUT2D eigenvalue weighted by Crippen LogP contribution is 2.37. The van der Waals surface area contributed by atoms with Gasteiger partial charge in [0, 0.05) is 20.6 Å². The summed E-state index contributed by atoms with van der Waals surface area (Å²) in [5, 5.41) is 0. The lowest BCUT2D eigenvalue weighted by Gasteiger charge is -2.37. The molecule has 1 saturated heterocycles. The molecule has 0 N–H and O–H groups in total. The van der Waals surface area contributed by atoms with Gasteiger partial charge in [-0.2, -0.15) is 0 Å². The third-order valence-corrected chi connectivity index (χ3v) is 5.16. The lowest BCUT2D eigenvalue weighted by molar-refractivity contribution is -0.781. The van der Waals surface area contributed by atoms with E-state index in [1.54, 1.807) is 12.1 Å². The lowest BCUT2D eigenvalue weighted by Crippen LogP contribution is -2.48. The summed E-state index contributed by atoms with van der Waals surface area (Å²) in [5.41, 5.74) is 2.61. The van der Waals surface area contributed by atoms with Crippen molar-refractivity contribution in [1.82, 2.24) is 9.21 Å². The lowest BCUT2D eigenvalue weighted by atomic mass is 9.93. The second kappa shape index (κ2) is 6.38. The number of amides is 1. The fourth-order valence-corrected chi connectivity index (χ4v) is 4.33. The molecule has 2 atom stereocenters. The van der Waals surface area contributed by atoms with E-state index in [0.29, 0.717) is 12.0 Å². The van der Waals surface area contributed by atoms with Crippen molar-refractivity contribution >= 4 is 18.5 Å². The first-order valence-electron chi connectivity index (χ1n) is 7.30. The molecule has 0 aliphatic carbocycles. The first-order chi connectivity index (χ1) is 9.83. The minimum atomic E-state index is 0.387. The van der Waals surface area contributed by atoms with E-state index in [1.807, 2.05) is 4.90 Å². The molecule has 2 unspecified atom stereocenters. The summed E-state index contributed by atoms with van der Waals surface area (Å²) < 4.78 is 2.95. The Kier molecular flexibility index (Phi) is 4.96. The maximum absolute atomic E-state index is 11.2. The van der Waals surface area contributed by atoms with Gasteiger partial charge in [0.25, 0.3) is 0 Å². The van der Waals surface area contributed by atoms with Gasteiger partial charge in [-0.05, 0) is 12.5 Å². The number of hydrogen-bond acceptors (Lipinski definition) is 3. The Bertz CT molecular complexity index is 487. The highest BCUT2D eigenvalue weighted by Gasteiger charge is 2.45. The molecule has 0 bridgehead atoms. The van der Waals surface area contributed by atoms with Crippen LogP contribution >= 0.6 is 12.1 Å². The Hall–Kier alpha value is -1.04. The van der Waals surface area contributed by atoms with Crippen LogP contribution in [0, 0.1) is 6.92 Å².